The molecule has 0 spiro atoms. The van der Waals surface area contributed by atoms with Crippen LogP contribution < -0.4 is 0 Å². The molecular weight excluding hydrogens is 304 g/mol. The lowest BCUT2D eigenvalue weighted by molar-refractivity contribution is -0.133. The van der Waals surface area contributed by atoms with Crippen LogP contribution in [0, 0.1) is 0 Å². The summed E-state index contributed by atoms with van der Waals surface area (Å²) in [4.78, 5) is 22.9. The molecule has 3 rings (SSSR count). The molecule has 0 bridgehead atoms. The molecule has 1 atom stereocenters. The highest BCUT2D eigenvalue weighted by Gasteiger charge is 2.27. The number of nitrogens with zero attached hydrogens (tertiary/aromatic N) is 4. The van der Waals surface area contributed by atoms with Crippen LogP contribution in [-0.4, -0.2) is 52.1 Å². The zero-order chi connectivity index (χ0) is 16.8. The number of piperidine rings is 1. The number of carbonyl (C=O) groups is 1. The average Bonchev–Trinajstić information content (AvgIpc) is 3.09. The van der Waals surface area contributed by atoms with Crippen LogP contribution in [0.15, 0.2) is 36.9 Å². The minimum absolute atomic E-state index is 0.175. The summed E-state index contributed by atoms with van der Waals surface area (Å²) in [6, 6.07) is 4.04. The maximum absolute atomic E-state index is 12.3. The number of methoxy groups -OCH3 is 1. The number of rotatable bonds is 6. The van der Waals surface area contributed by atoms with E-state index >= 15 is 0 Å². The molecule has 128 valence electrons. The van der Waals surface area contributed by atoms with E-state index in [0.29, 0.717) is 18.9 Å². The molecule has 1 aliphatic rings. The fourth-order valence-corrected chi connectivity index (χ4v) is 3.26. The van der Waals surface area contributed by atoms with Crippen LogP contribution in [-0.2, 0) is 16.1 Å². The van der Waals surface area contributed by atoms with Crippen molar-refractivity contribution in [1.82, 2.24) is 19.4 Å². The van der Waals surface area contributed by atoms with Crippen LogP contribution in [0.3, 0.4) is 0 Å². The molecule has 2 aromatic rings. The van der Waals surface area contributed by atoms with Gasteiger partial charge < -0.3 is 14.2 Å². The standard InChI is InChI=1S/C18H24N4O2/c1-24-12-6-17(23)21-10-2-3-16(14-21)18-20-9-11-22(18)13-15-4-7-19-8-5-15/h4-5,7-9,11,16H,2-3,6,10,12-14H2,1H3/t16-/m1/s1. The molecule has 0 saturated carbocycles. The quantitative estimate of drug-likeness (QED) is 0.814. The first-order valence-corrected chi connectivity index (χ1v) is 8.44. The second-order valence-corrected chi connectivity index (χ2v) is 6.19. The number of ether oxygens (including phenoxy) is 1. The van der Waals surface area contributed by atoms with Gasteiger partial charge in [-0.05, 0) is 30.5 Å². The van der Waals surface area contributed by atoms with E-state index in [1.165, 1.54) is 5.56 Å². The van der Waals surface area contributed by atoms with Crippen molar-refractivity contribution >= 4 is 5.91 Å². The van der Waals surface area contributed by atoms with E-state index < -0.39 is 0 Å². The Bertz CT molecular complexity index is 656. The van der Waals surface area contributed by atoms with Crippen LogP contribution in [0.1, 0.15) is 36.6 Å². The van der Waals surface area contributed by atoms with Gasteiger partial charge in [0.1, 0.15) is 5.82 Å². The molecule has 0 aliphatic carbocycles. The van der Waals surface area contributed by atoms with Gasteiger partial charge in [-0.2, -0.15) is 0 Å². The summed E-state index contributed by atoms with van der Waals surface area (Å²) >= 11 is 0. The van der Waals surface area contributed by atoms with Crippen LogP contribution in [0.4, 0.5) is 0 Å². The summed E-state index contributed by atoms with van der Waals surface area (Å²) in [5, 5.41) is 0. The van der Waals surface area contributed by atoms with Crippen LogP contribution in [0.5, 0.6) is 0 Å². The number of hydrogen-bond acceptors (Lipinski definition) is 4. The van der Waals surface area contributed by atoms with Gasteiger partial charge in [0, 0.05) is 57.4 Å². The number of hydrogen-bond donors (Lipinski definition) is 0. The number of likely N-dealkylation sites (tertiary alicyclic amines) is 1. The van der Waals surface area contributed by atoms with Gasteiger partial charge in [-0.1, -0.05) is 0 Å². The van der Waals surface area contributed by atoms with Gasteiger partial charge in [0.2, 0.25) is 5.91 Å². The van der Waals surface area contributed by atoms with Crippen LogP contribution in [0.2, 0.25) is 0 Å². The Morgan fingerprint density at radius 2 is 2.17 bits per heavy atom. The highest BCUT2D eigenvalue weighted by Crippen LogP contribution is 2.26. The third-order valence-electron chi connectivity index (χ3n) is 4.51. The summed E-state index contributed by atoms with van der Waals surface area (Å²) < 4.78 is 7.20. The van der Waals surface area contributed by atoms with Gasteiger partial charge >= 0.3 is 0 Å². The Morgan fingerprint density at radius 3 is 2.96 bits per heavy atom. The molecular formula is C18H24N4O2. The maximum atomic E-state index is 12.3. The summed E-state index contributed by atoms with van der Waals surface area (Å²) in [6.45, 7) is 2.85. The van der Waals surface area contributed by atoms with E-state index in [-0.39, 0.29) is 5.91 Å². The molecule has 1 fully saturated rings. The lowest BCUT2D eigenvalue weighted by atomic mass is 9.96. The maximum Gasteiger partial charge on any atom is 0.224 e. The van der Waals surface area contributed by atoms with Crippen molar-refractivity contribution in [3.05, 3.63) is 48.3 Å². The Balaban J connectivity index is 1.68. The molecule has 0 radical (unpaired) electrons. The molecule has 3 heterocycles. The summed E-state index contributed by atoms with van der Waals surface area (Å²) in [5.41, 5.74) is 1.20. The largest absolute Gasteiger partial charge is 0.384 e. The van der Waals surface area contributed by atoms with Crippen LogP contribution >= 0.6 is 0 Å². The van der Waals surface area contributed by atoms with Gasteiger partial charge in [0.05, 0.1) is 13.0 Å². The molecule has 1 amide bonds. The number of amides is 1. The Kier molecular flexibility index (Phi) is 5.59. The Hall–Kier alpha value is -2.21. The topological polar surface area (TPSA) is 60.2 Å². The minimum Gasteiger partial charge on any atom is -0.384 e. The van der Waals surface area contributed by atoms with E-state index in [2.05, 4.69) is 14.5 Å². The third-order valence-corrected chi connectivity index (χ3v) is 4.51. The van der Waals surface area contributed by atoms with Crippen molar-refractivity contribution < 1.29 is 9.53 Å². The number of carbonyl (C=O) groups excluding carboxylic acids is 1. The first-order valence-electron chi connectivity index (χ1n) is 8.44. The normalized spacial score (nSPS) is 17.9. The van der Waals surface area contributed by atoms with Crippen molar-refractivity contribution in [3.63, 3.8) is 0 Å². The Labute approximate surface area is 142 Å². The lowest BCUT2D eigenvalue weighted by Crippen LogP contribution is -2.40. The van der Waals surface area contributed by atoms with E-state index in [1.54, 1.807) is 7.11 Å². The second kappa shape index (κ2) is 8.06. The molecule has 2 aromatic heterocycles. The molecule has 0 aromatic carbocycles. The summed E-state index contributed by atoms with van der Waals surface area (Å²) in [5.74, 6) is 1.53. The molecule has 6 heteroatoms. The van der Waals surface area contributed by atoms with Crippen molar-refractivity contribution in [3.8, 4) is 0 Å². The fraction of sp³-hybridized carbons (Fsp3) is 0.500. The zero-order valence-electron chi connectivity index (χ0n) is 14.1. The molecule has 24 heavy (non-hydrogen) atoms. The van der Waals surface area contributed by atoms with E-state index in [9.17, 15) is 4.79 Å². The smallest absolute Gasteiger partial charge is 0.224 e. The Morgan fingerprint density at radius 1 is 1.33 bits per heavy atom. The monoisotopic (exact) mass is 328 g/mol. The van der Waals surface area contributed by atoms with Crippen LogP contribution in [0.25, 0.3) is 0 Å². The number of aromatic nitrogens is 3. The molecule has 6 nitrogen and oxygen atoms in total. The van der Waals surface area contributed by atoms with E-state index in [4.69, 9.17) is 4.74 Å². The van der Waals surface area contributed by atoms with Crippen molar-refractivity contribution in [1.29, 1.82) is 0 Å². The first-order chi connectivity index (χ1) is 11.8. The van der Waals surface area contributed by atoms with E-state index in [1.807, 2.05) is 41.8 Å². The summed E-state index contributed by atoms with van der Waals surface area (Å²) in [6.07, 6.45) is 10.0. The van der Waals surface area contributed by atoms with Crippen molar-refractivity contribution in [2.75, 3.05) is 26.8 Å². The second-order valence-electron chi connectivity index (χ2n) is 6.19. The molecule has 0 unspecified atom stereocenters. The number of pyridine rings is 1. The molecule has 0 N–H and O–H groups in total. The lowest BCUT2D eigenvalue weighted by Gasteiger charge is -2.32. The van der Waals surface area contributed by atoms with Gasteiger partial charge in [0.15, 0.2) is 0 Å². The van der Waals surface area contributed by atoms with Crippen molar-refractivity contribution in [2.24, 2.45) is 0 Å². The predicted molar refractivity (Wildman–Crippen MR) is 90.6 cm³/mol. The van der Waals surface area contributed by atoms with Gasteiger partial charge in [-0.15, -0.1) is 0 Å². The highest BCUT2D eigenvalue weighted by molar-refractivity contribution is 5.76. The fourth-order valence-electron chi connectivity index (χ4n) is 3.26. The van der Waals surface area contributed by atoms with E-state index in [0.717, 1.165) is 38.3 Å². The average molecular weight is 328 g/mol. The SMILES string of the molecule is COCCC(=O)N1CCC[C@@H](c2nccn2Cc2ccncc2)C1. The van der Waals surface area contributed by atoms with Crippen molar-refractivity contribution in [2.45, 2.75) is 31.7 Å². The first kappa shape index (κ1) is 16.6. The highest BCUT2D eigenvalue weighted by atomic mass is 16.5. The van der Waals surface area contributed by atoms with Gasteiger partial charge in [0.25, 0.3) is 0 Å². The third kappa shape index (κ3) is 4.00. The predicted octanol–water partition coefficient (Wildman–Crippen LogP) is 2.07. The van der Waals surface area contributed by atoms with Gasteiger partial charge in [-0.25, -0.2) is 4.98 Å². The molecule has 1 saturated heterocycles. The number of imidazole rings is 1. The molecule has 1 aliphatic heterocycles. The minimum atomic E-state index is 0.175. The summed E-state index contributed by atoms with van der Waals surface area (Å²) in [7, 11) is 1.63. The van der Waals surface area contributed by atoms with Gasteiger partial charge in [-0.3, -0.25) is 9.78 Å². The zero-order valence-corrected chi connectivity index (χ0v) is 14.1.